The minimum atomic E-state index is -0.924. The molecule has 0 aromatic rings. The molecule has 0 amide bonds. The first kappa shape index (κ1) is 30.6. The molecule has 5 heteroatoms. The molecule has 196 valence electrons. The number of aliphatic hydroxyl groups is 3. The molecule has 5 atom stereocenters. The highest BCUT2D eigenvalue weighted by molar-refractivity contribution is 5.85. The fourth-order valence-corrected chi connectivity index (χ4v) is 4.76. The van der Waals surface area contributed by atoms with Gasteiger partial charge in [0.15, 0.2) is 0 Å². The van der Waals surface area contributed by atoms with Crippen LogP contribution < -0.4 is 0 Å². The predicted octanol–water partition coefficient (Wildman–Crippen LogP) is 6.33. The van der Waals surface area contributed by atoms with Gasteiger partial charge in [-0.1, -0.05) is 44.4 Å². The van der Waals surface area contributed by atoms with E-state index in [4.69, 9.17) is 5.11 Å². The van der Waals surface area contributed by atoms with Crippen molar-refractivity contribution >= 4 is 5.97 Å². The van der Waals surface area contributed by atoms with Crippen molar-refractivity contribution < 1.29 is 25.2 Å². The molecule has 4 N–H and O–H groups in total. The lowest BCUT2D eigenvalue weighted by molar-refractivity contribution is -0.132. The molecule has 0 aromatic carbocycles. The zero-order valence-corrected chi connectivity index (χ0v) is 22.7. The second-order valence-electron chi connectivity index (χ2n) is 11.4. The van der Waals surface area contributed by atoms with Gasteiger partial charge in [-0.3, -0.25) is 0 Å². The summed E-state index contributed by atoms with van der Waals surface area (Å²) in [4.78, 5) is 10.8. The van der Waals surface area contributed by atoms with E-state index in [1.807, 2.05) is 13.0 Å². The molecule has 0 radical (unpaired) electrons. The van der Waals surface area contributed by atoms with Crippen LogP contribution in [0.15, 0.2) is 34.4 Å². The first-order valence-corrected chi connectivity index (χ1v) is 13.1. The summed E-state index contributed by atoms with van der Waals surface area (Å²) in [5, 5.41) is 40.5. The lowest BCUT2D eigenvalue weighted by Gasteiger charge is -2.28. The Bertz CT molecular complexity index is 756. The highest BCUT2D eigenvalue weighted by atomic mass is 16.4. The standard InChI is InChI=1S/C29H50O5/c1-20(13-14-25-19-26(30)24(5)22(3)23(25)4)11-8-15-28(6,33)17-10-18-29(7,34)16-9-12-21(2)27(31)32/h12,19-20,24,26,30,33-34H,8-11,13-18H2,1-7H3,(H,31,32)/b21-12+. The monoisotopic (exact) mass is 478 g/mol. The average Bonchev–Trinajstić information content (AvgIpc) is 2.73. The van der Waals surface area contributed by atoms with E-state index in [1.165, 1.54) is 16.7 Å². The number of carboxylic acids is 1. The smallest absolute Gasteiger partial charge is 0.330 e. The van der Waals surface area contributed by atoms with E-state index < -0.39 is 17.2 Å². The van der Waals surface area contributed by atoms with Crippen molar-refractivity contribution in [2.24, 2.45) is 11.8 Å². The maximum Gasteiger partial charge on any atom is 0.330 e. The summed E-state index contributed by atoms with van der Waals surface area (Å²) < 4.78 is 0. The zero-order chi connectivity index (χ0) is 26.1. The van der Waals surface area contributed by atoms with Gasteiger partial charge in [0, 0.05) is 11.5 Å². The van der Waals surface area contributed by atoms with Crippen LogP contribution in [-0.4, -0.2) is 43.7 Å². The summed E-state index contributed by atoms with van der Waals surface area (Å²) in [6.07, 6.45) is 11.2. The second kappa shape index (κ2) is 13.6. The molecule has 0 aromatic heterocycles. The number of allylic oxidation sites excluding steroid dienone is 3. The van der Waals surface area contributed by atoms with E-state index >= 15 is 0 Å². The maximum absolute atomic E-state index is 10.8. The van der Waals surface area contributed by atoms with Crippen molar-refractivity contribution in [1.29, 1.82) is 0 Å². The Kier molecular flexibility index (Phi) is 12.2. The Morgan fingerprint density at radius 2 is 1.62 bits per heavy atom. The van der Waals surface area contributed by atoms with E-state index in [9.17, 15) is 20.1 Å². The molecule has 0 saturated carbocycles. The Morgan fingerprint density at radius 1 is 1.06 bits per heavy atom. The molecule has 0 bridgehead atoms. The number of hydrogen-bond donors (Lipinski definition) is 4. The third kappa shape index (κ3) is 10.9. The van der Waals surface area contributed by atoms with E-state index in [0.29, 0.717) is 37.2 Å². The number of carboxylic acid groups (broad SMARTS) is 1. The minimum absolute atomic E-state index is 0.199. The molecule has 5 unspecified atom stereocenters. The molecule has 0 aliphatic heterocycles. The van der Waals surface area contributed by atoms with Gasteiger partial charge in [0.25, 0.3) is 0 Å². The van der Waals surface area contributed by atoms with Crippen LogP contribution in [0.1, 0.15) is 113 Å². The number of carbonyl (C=O) groups is 1. The third-order valence-corrected chi connectivity index (χ3v) is 7.86. The predicted molar refractivity (Wildman–Crippen MR) is 140 cm³/mol. The molecule has 1 aliphatic rings. The van der Waals surface area contributed by atoms with Gasteiger partial charge >= 0.3 is 5.97 Å². The number of aliphatic carboxylic acids is 1. The molecular weight excluding hydrogens is 428 g/mol. The Labute approximate surface area is 207 Å². The molecule has 0 fully saturated rings. The highest BCUT2D eigenvalue weighted by Crippen LogP contribution is 2.33. The number of hydrogen-bond acceptors (Lipinski definition) is 4. The molecule has 5 nitrogen and oxygen atoms in total. The van der Waals surface area contributed by atoms with Gasteiger partial charge in [0.1, 0.15) is 0 Å². The van der Waals surface area contributed by atoms with Crippen LogP contribution in [0.25, 0.3) is 0 Å². The molecule has 0 saturated heterocycles. The van der Waals surface area contributed by atoms with Gasteiger partial charge in [-0.05, 0) is 103 Å². The van der Waals surface area contributed by atoms with Crippen LogP contribution in [0.3, 0.4) is 0 Å². The quantitative estimate of drug-likeness (QED) is 0.206. The van der Waals surface area contributed by atoms with Crippen molar-refractivity contribution in [2.75, 3.05) is 0 Å². The number of rotatable bonds is 15. The summed E-state index contributed by atoms with van der Waals surface area (Å²) in [7, 11) is 0. The lowest BCUT2D eigenvalue weighted by atomic mass is 9.81. The maximum atomic E-state index is 10.8. The third-order valence-electron chi connectivity index (χ3n) is 7.86. The molecule has 1 aliphatic carbocycles. The van der Waals surface area contributed by atoms with Crippen molar-refractivity contribution in [3.05, 3.63) is 34.4 Å². The summed E-state index contributed by atoms with van der Waals surface area (Å²) in [5.74, 6) is -0.166. The van der Waals surface area contributed by atoms with E-state index in [0.717, 1.165) is 38.5 Å². The van der Waals surface area contributed by atoms with Crippen LogP contribution in [0.4, 0.5) is 0 Å². The van der Waals surface area contributed by atoms with Crippen molar-refractivity contribution in [3.63, 3.8) is 0 Å². The van der Waals surface area contributed by atoms with Crippen LogP contribution in [0.5, 0.6) is 0 Å². The lowest BCUT2D eigenvalue weighted by Crippen LogP contribution is -2.28. The molecular formula is C29H50O5. The van der Waals surface area contributed by atoms with Crippen molar-refractivity contribution in [1.82, 2.24) is 0 Å². The van der Waals surface area contributed by atoms with Gasteiger partial charge in [0.05, 0.1) is 17.3 Å². The second-order valence-corrected chi connectivity index (χ2v) is 11.4. The molecule has 34 heavy (non-hydrogen) atoms. The van der Waals surface area contributed by atoms with Crippen LogP contribution in [0.2, 0.25) is 0 Å². The average molecular weight is 479 g/mol. The van der Waals surface area contributed by atoms with Gasteiger partial charge in [-0.25, -0.2) is 4.79 Å². The van der Waals surface area contributed by atoms with Crippen LogP contribution >= 0.6 is 0 Å². The van der Waals surface area contributed by atoms with Gasteiger partial charge in [-0.15, -0.1) is 0 Å². The first-order valence-electron chi connectivity index (χ1n) is 13.1. The van der Waals surface area contributed by atoms with E-state index in [2.05, 4.69) is 27.7 Å². The Hall–Kier alpha value is -1.43. The topological polar surface area (TPSA) is 98.0 Å². The minimum Gasteiger partial charge on any atom is -0.478 e. The Balaban J connectivity index is 2.33. The summed E-state index contributed by atoms with van der Waals surface area (Å²) in [5.41, 5.74) is 2.61. The number of aliphatic hydroxyl groups excluding tert-OH is 1. The van der Waals surface area contributed by atoms with E-state index in [-0.39, 0.29) is 12.0 Å². The molecule has 0 heterocycles. The van der Waals surface area contributed by atoms with Crippen molar-refractivity contribution in [3.8, 4) is 0 Å². The normalized spacial score (nSPS) is 23.8. The Morgan fingerprint density at radius 3 is 2.21 bits per heavy atom. The summed E-state index contributed by atoms with van der Waals surface area (Å²) in [6, 6.07) is 0. The summed E-state index contributed by atoms with van der Waals surface area (Å²) in [6.45, 7) is 13.9. The SMILES string of the molecule is CC1=C(C)C(C)C(O)C=C1CCC(C)CCCC(C)(O)CCCC(C)(O)CC/C=C(\C)C(=O)O. The van der Waals surface area contributed by atoms with Crippen LogP contribution in [0, 0.1) is 11.8 Å². The highest BCUT2D eigenvalue weighted by Gasteiger charge is 2.25. The van der Waals surface area contributed by atoms with E-state index in [1.54, 1.807) is 19.9 Å². The first-order chi connectivity index (χ1) is 15.6. The molecule has 0 spiro atoms. The van der Waals surface area contributed by atoms with Gasteiger partial charge < -0.3 is 20.4 Å². The summed E-state index contributed by atoms with van der Waals surface area (Å²) >= 11 is 0. The van der Waals surface area contributed by atoms with Gasteiger partial charge in [-0.2, -0.15) is 0 Å². The van der Waals surface area contributed by atoms with Crippen molar-refractivity contribution in [2.45, 2.75) is 130 Å². The fourth-order valence-electron chi connectivity index (χ4n) is 4.76. The zero-order valence-electron chi connectivity index (χ0n) is 22.7. The van der Waals surface area contributed by atoms with Gasteiger partial charge in [0.2, 0.25) is 0 Å². The largest absolute Gasteiger partial charge is 0.478 e. The fraction of sp³-hybridized carbons (Fsp3) is 0.759. The van der Waals surface area contributed by atoms with Crippen LogP contribution in [-0.2, 0) is 4.79 Å². The molecule has 1 rings (SSSR count).